The van der Waals surface area contributed by atoms with Gasteiger partial charge in [-0.25, -0.2) is 0 Å². The average molecular weight is 366 g/mol. The Morgan fingerprint density at radius 1 is 0.852 bits per heavy atom. The van der Waals surface area contributed by atoms with Crippen LogP contribution in [0.2, 0.25) is 0 Å². The van der Waals surface area contributed by atoms with Gasteiger partial charge in [0.15, 0.2) is 11.5 Å². The Morgan fingerprint density at radius 2 is 1.44 bits per heavy atom. The lowest BCUT2D eigenvalue weighted by molar-refractivity contribution is 0.161. The summed E-state index contributed by atoms with van der Waals surface area (Å²) < 4.78 is 11.0. The van der Waals surface area contributed by atoms with Crippen LogP contribution in [-0.4, -0.2) is 32.2 Å². The summed E-state index contributed by atoms with van der Waals surface area (Å²) in [6.45, 7) is 3.57. The van der Waals surface area contributed by atoms with Crippen molar-refractivity contribution in [3.05, 3.63) is 59.2 Å². The fourth-order valence-corrected chi connectivity index (χ4v) is 4.90. The van der Waals surface area contributed by atoms with E-state index in [1.165, 1.54) is 61.9 Å². The minimum atomic E-state index is 0.780. The molecule has 1 aliphatic carbocycles. The van der Waals surface area contributed by atoms with Gasteiger partial charge in [-0.05, 0) is 85.9 Å². The molecule has 0 radical (unpaired) electrons. The highest BCUT2D eigenvalue weighted by Gasteiger charge is 2.28. The molecule has 0 N–H and O–H groups in total. The van der Waals surface area contributed by atoms with E-state index in [0.717, 1.165) is 29.9 Å². The standard InChI is InChI=1S/C24H31NO2/c1-26-23-15-21-13-20(14-22(21)16-24(23)27-2)12-18-8-10-25(11-9-18)17-19-6-4-3-5-7-19/h3-7,15-16,18,20H,8-14,17H2,1-2H3. The molecule has 1 fully saturated rings. The van der Waals surface area contributed by atoms with E-state index in [1.54, 1.807) is 14.2 Å². The molecular formula is C24H31NO2. The lowest BCUT2D eigenvalue weighted by Crippen LogP contribution is -2.33. The van der Waals surface area contributed by atoms with Crippen LogP contribution in [0.1, 0.15) is 36.0 Å². The molecule has 0 spiro atoms. The lowest BCUT2D eigenvalue weighted by Gasteiger charge is -2.33. The quantitative estimate of drug-likeness (QED) is 0.739. The molecule has 3 nitrogen and oxygen atoms in total. The molecule has 0 bridgehead atoms. The molecular weight excluding hydrogens is 334 g/mol. The Bertz CT molecular complexity index is 717. The molecule has 4 rings (SSSR count). The Labute approximate surface area is 163 Å². The minimum absolute atomic E-state index is 0.780. The third-order valence-electron chi connectivity index (χ3n) is 6.35. The van der Waals surface area contributed by atoms with Crippen LogP contribution in [0.15, 0.2) is 42.5 Å². The predicted molar refractivity (Wildman–Crippen MR) is 110 cm³/mol. The van der Waals surface area contributed by atoms with Gasteiger partial charge in [-0.15, -0.1) is 0 Å². The molecule has 2 aromatic rings. The molecule has 0 atom stereocenters. The summed E-state index contributed by atoms with van der Waals surface area (Å²) in [5.41, 5.74) is 4.35. The smallest absolute Gasteiger partial charge is 0.161 e. The molecule has 2 aliphatic rings. The van der Waals surface area contributed by atoms with Crippen LogP contribution in [0.4, 0.5) is 0 Å². The maximum atomic E-state index is 5.48. The number of rotatable bonds is 6. The zero-order chi connectivity index (χ0) is 18.6. The van der Waals surface area contributed by atoms with Crippen molar-refractivity contribution in [2.75, 3.05) is 27.3 Å². The van der Waals surface area contributed by atoms with E-state index in [2.05, 4.69) is 47.4 Å². The SMILES string of the molecule is COc1cc2c(cc1OC)CC(CC1CCN(Cc3ccccc3)CC1)C2. The molecule has 27 heavy (non-hydrogen) atoms. The number of piperidine rings is 1. The second kappa shape index (κ2) is 8.35. The number of likely N-dealkylation sites (tertiary alicyclic amines) is 1. The first-order valence-electron chi connectivity index (χ1n) is 10.2. The number of fused-ring (bicyclic) bond motifs is 1. The molecule has 2 aromatic carbocycles. The highest BCUT2D eigenvalue weighted by Crippen LogP contribution is 2.39. The molecule has 0 aromatic heterocycles. The first kappa shape index (κ1) is 18.4. The molecule has 1 aliphatic heterocycles. The van der Waals surface area contributed by atoms with Gasteiger partial charge in [-0.2, -0.15) is 0 Å². The second-order valence-electron chi connectivity index (χ2n) is 8.19. The minimum Gasteiger partial charge on any atom is -0.493 e. The van der Waals surface area contributed by atoms with Gasteiger partial charge in [0.25, 0.3) is 0 Å². The van der Waals surface area contributed by atoms with Gasteiger partial charge >= 0.3 is 0 Å². The third kappa shape index (κ3) is 4.30. The highest BCUT2D eigenvalue weighted by molar-refractivity contribution is 5.49. The predicted octanol–water partition coefficient (Wildman–Crippen LogP) is 4.72. The number of methoxy groups -OCH3 is 2. The summed E-state index contributed by atoms with van der Waals surface area (Å²) in [5, 5.41) is 0. The van der Waals surface area contributed by atoms with Crippen LogP contribution < -0.4 is 9.47 Å². The van der Waals surface area contributed by atoms with Crippen molar-refractivity contribution in [3.63, 3.8) is 0 Å². The van der Waals surface area contributed by atoms with Crippen LogP contribution in [0.25, 0.3) is 0 Å². The summed E-state index contributed by atoms with van der Waals surface area (Å²) in [4.78, 5) is 2.62. The zero-order valence-corrected chi connectivity index (χ0v) is 16.6. The van der Waals surface area contributed by atoms with E-state index in [0.29, 0.717) is 0 Å². The van der Waals surface area contributed by atoms with Gasteiger partial charge in [0.2, 0.25) is 0 Å². The lowest BCUT2D eigenvalue weighted by atomic mass is 9.86. The molecule has 3 heteroatoms. The second-order valence-corrected chi connectivity index (χ2v) is 8.19. The van der Waals surface area contributed by atoms with Crippen molar-refractivity contribution in [1.29, 1.82) is 0 Å². The van der Waals surface area contributed by atoms with E-state index < -0.39 is 0 Å². The average Bonchev–Trinajstić information content (AvgIpc) is 3.10. The van der Waals surface area contributed by atoms with Gasteiger partial charge in [-0.1, -0.05) is 30.3 Å². The summed E-state index contributed by atoms with van der Waals surface area (Å²) in [6, 6.07) is 15.2. The fourth-order valence-electron chi connectivity index (χ4n) is 4.90. The monoisotopic (exact) mass is 365 g/mol. The Balaban J connectivity index is 1.28. The molecule has 1 heterocycles. The van der Waals surface area contributed by atoms with Crippen molar-refractivity contribution >= 4 is 0 Å². The first-order chi connectivity index (χ1) is 13.2. The van der Waals surface area contributed by atoms with Gasteiger partial charge in [-0.3, -0.25) is 4.90 Å². The first-order valence-corrected chi connectivity index (χ1v) is 10.2. The summed E-state index contributed by atoms with van der Waals surface area (Å²) in [7, 11) is 3.44. The van der Waals surface area contributed by atoms with Crippen molar-refractivity contribution in [1.82, 2.24) is 4.90 Å². The van der Waals surface area contributed by atoms with E-state index in [1.807, 2.05) is 0 Å². The van der Waals surface area contributed by atoms with Crippen LogP contribution in [0.5, 0.6) is 11.5 Å². The van der Waals surface area contributed by atoms with Crippen molar-refractivity contribution in [3.8, 4) is 11.5 Å². The molecule has 0 amide bonds. The van der Waals surface area contributed by atoms with Crippen LogP contribution >= 0.6 is 0 Å². The summed E-state index contributed by atoms with van der Waals surface area (Å²) >= 11 is 0. The van der Waals surface area contributed by atoms with E-state index in [-0.39, 0.29) is 0 Å². The third-order valence-corrected chi connectivity index (χ3v) is 6.35. The molecule has 0 saturated carbocycles. The summed E-state index contributed by atoms with van der Waals surface area (Å²) in [5.74, 6) is 3.39. The van der Waals surface area contributed by atoms with Crippen molar-refractivity contribution in [2.45, 2.75) is 38.6 Å². The maximum Gasteiger partial charge on any atom is 0.161 e. The maximum absolute atomic E-state index is 5.48. The Hall–Kier alpha value is -2.00. The molecule has 144 valence electrons. The van der Waals surface area contributed by atoms with Crippen molar-refractivity contribution in [2.24, 2.45) is 11.8 Å². The Kier molecular flexibility index (Phi) is 5.68. The van der Waals surface area contributed by atoms with Crippen LogP contribution in [0, 0.1) is 11.8 Å². The van der Waals surface area contributed by atoms with Crippen molar-refractivity contribution < 1.29 is 9.47 Å². The zero-order valence-electron chi connectivity index (χ0n) is 16.6. The fraction of sp³-hybridized carbons (Fsp3) is 0.500. The van der Waals surface area contributed by atoms with Crippen LogP contribution in [-0.2, 0) is 19.4 Å². The number of hydrogen-bond acceptors (Lipinski definition) is 3. The number of benzene rings is 2. The largest absolute Gasteiger partial charge is 0.493 e. The highest BCUT2D eigenvalue weighted by atomic mass is 16.5. The number of nitrogens with zero attached hydrogens (tertiary/aromatic N) is 1. The number of hydrogen-bond donors (Lipinski definition) is 0. The van der Waals surface area contributed by atoms with E-state index in [4.69, 9.17) is 9.47 Å². The molecule has 1 saturated heterocycles. The van der Waals surface area contributed by atoms with Gasteiger partial charge in [0.1, 0.15) is 0 Å². The van der Waals surface area contributed by atoms with Crippen LogP contribution in [0.3, 0.4) is 0 Å². The normalized spacial score (nSPS) is 18.4. The van der Waals surface area contributed by atoms with Gasteiger partial charge in [0.05, 0.1) is 14.2 Å². The number of ether oxygens (including phenoxy) is 2. The summed E-state index contributed by atoms with van der Waals surface area (Å²) in [6.07, 6.45) is 6.43. The Morgan fingerprint density at radius 3 is 2.00 bits per heavy atom. The van der Waals surface area contributed by atoms with Gasteiger partial charge in [0, 0.05) is 6.54 Å². The van der Waals surface area contributed by atoms with Gasteiger partial charge < -0.3 is 9.47 Å². The topological polar surface area (TPSA) is 21.7 Å². The van der Waals surface area contributed by atoms with E-state index in [9.17, 15) is 0 Å². The van der Waals surface area contributed by atoms with E-state index >= 15 is 0 Å². The molecule has 0 unspecified atom stereocenters.